The fraction of sp³-hybridized carbons (Fsp3) is 0.389. The molecule has 1 aliphatic heterocycles. The van der Waals surface area contributed by atoms with Crippen LogP contribution in [0.1, 0.15) is 36.8 Å². The van der Waals surface area contributed by atoms with E-state index in [0.717, 1.165) is 24.3 Å². The van der Waals surface area contributed by atoms with Crippen LogP contribution in [0.15, 0.2) is 44.1 Å². The number of nitrogens with zero attached hydrogens (tertiary/aromatic N) is 3. The number of amides is 1. The Labute approximate surface area is 143 Å². The third-order valence-electron chi connectivity index (χ3n) is 4.67. The molecule has 2 aromatic heterocycles. The van der Waals surface area contributed by atoms with E-state index in [4.69, 9.17) is 8.94 Å². The molecule has 130 valence electrons. The number of hydrogen-bond acceptors (Lipinski definition) is 5. The number of rotatable bonds is 4. The van der Waals surface area contributed by atoms with Gasteiger partial charge in [0.05, 0.1) is 17.3 Å². The normalized spacial score (nSPS) is 17.5. The molecule has 4 rings (SSSR count). The summed E-state index contributed by atoms with van der Waals surface area (Å²) in [4.78, 5) is 26.5. The second-order valence-electron chi connectivity index (χ2n) is 6.35. The van der Waals surface area contributed by atoms with Crippen LogP contribution in [0.25, 0.3) is 11.1 Å². The second kappa shape index (κ2) is 6.23. The molecule has 1 amide bonds. The van der Waals surface area contributed by atoms with Crippen LogP contribution < -0.4 is 5.76 Å². The Kier molecular flexibility index (Phi) is 3.91. The SMILES string of the molecule is Cc1cc([C@H]2CCCN2C(=O)CCn2c(=O)oc3ccccc32)on1. The van der Waals surface area contributed by atoms with Crippen molar-refractivity contribution >= 4 is 17.0 Å². The first-order chi connectivity index (χ1) is 12.1. The largest absolute Gasteiger partial charge is 0.419 e. The number of carbonyl (C=O) groups is 1. The van der Waals surface area contributed by atoms with Crippen molar-refractivity contribution in [1.29, 1.82) is 0 Å². The zero-order chi connectivity index (χ0) is 17.4. The number of fused-ring (bicyclic) bond motifs is 1. The molecular weight excluding hydrogens is 322 g/mol. The number of para-hydroxylation sites is 2. The maximum atomic E-state index is 12.7. The Hall–Kier alpha value is -2.83. The van der Waals surface area contributed by atoms with E-state index in [1.54, 1.807) is 6.07 Å². The van der Waals surface area contributed by atoms with Crippen LogP contribution in [0.4, 0.5) is 0 Å². The smallest absolute Gasteiger partial charge is 0.408 e. The second-order valence-corrected chi connectivity index (χ2v) is 6.35. The lowest BCUT2D eigenvalue weighted by molar-refractivity contribution is -0.132. The monoisotopic (exact) mass is 341 g/mol. The quantitative estimate of drug-likeness (QED) is 0.729. The number of aryl methyl sites for hydroxylation is 2. The fourth-order valence-corrected chi connectivity index (χ4v) is 3.48. The molecule has 0 bridgehead atoms. The molecule has 1 saturated heterocycles. The maximum Gasteiger partial charge on any atom is 0.419 e. The molecule has 0 unspecified atom stereocenters. The van der Waals surface area contributed by atoms with Crippen molar-refractivity contribution in [1.82, 2.24) is 14.6 Å². The summed E-state index contributed by atoms with van der Waals surface area (Å²) in [5.41, 5.74) is 2.06. The fourth-order valence-electron chi connectivity index (χ4n) is 3.48. The predicted molar refractivity (Wildman–Crippen MR) is 90.0 cm³/mol. The summed E-state index contributed by atoms with van der Waals surface area (Å²) in [6, 6.07) is 9.04. The third-order valence-corrected chi connectivity index (χ3v) is 4.67. The van der Waals surface area contributed by atoms with Gasteiger partial charge in [-0.2, -0.15) is 0 Å². The summed E-state index contributed by atoms with van der Waals surface area (Å²) in [6.07, 6.45) is 2.05. The lowest BCUT2D eigenvalue weighted by Crippen LogP contribution is -2.31. The van der Waals surface area contributed by atoms with Crippen LogP contribution >= 0.6 is 0 Å². The average molecular weight is 341 g/mol. The highest BCUT2D eigenvalue weighted by Gasteiger charge is 2.32. The summed E-state index contributed by atoms with van der Waals surface area (Å²) in [7, 11) is 0. The van der Waals surface area contributed by atoms with Crippen molar-refractivity contribution in [3.8, 4) is 0 Å². The van der Waals surface area contributed by atoms with Crippen LogP contribution in [0, 0.1) is 6.92 Å². The van der Waals surface area contributed by atoms with Crippen LogP contribution in [-0.4, -0.2) is 27.1 Å². The minimum Gasteiger partial charge on any atom is -0.408 e. The van der Waals surface area contributed by atoms with Gasteiger partial charge < -0.3 is 13.8 Å². The van der Waals surface area contributed by atoms with E-state index in [1.165, 1.54) is 4.57 Å². The number of oxazole rings is 1. The van der Waals surface area contributed by atoms with Gasteiger partial charge >= 0.3 is 5.76 Å². The molecule has 3 heterocycles. The summed E-state index contributed by atoms with van der Waals surface area (Å²) >= 11 is 0. The molecule has 1 atom stereocenters. The topological polar surface area (TPSA) is 81.5 Å². The Bertz CT molecular complexity index is 968. The van der Waals surface area contributed by atoms with E-state index in [0.29, 0.717) is 24.2 Å². The van der Waals surface area contributed by atoms with Crippen molar-refractivity contribution in [3.63, 3.8) is 0 Å². The van der Waals surface area contributed by atoms with Gasteiger partial charge in [-0.15, -0.1) is 0 Å². The van der Waals surface area contributed by atoms with Crippen LogP contribution in [0.5, 0.6) is 0 Å². The maximum absolute atomic E-state index is 12.7. The van der Waals surface area contributed by atoms with Crippen molar-refractivity contribution in [2.45, 2.75) is 38.8 Å². The summed E-state index contributed by atoms with van der Waals surface area (Å²) in [6.45, 7) is 2.86. The first-order valence-corrected chi connectivity index (χ1v) is 8.44. The molecular formula is C18H19N3O4. The molecule has 0 saturated carbocycles. The third kappa shape index (κ3) is 2.86. The van der Waals surface area contributed by atoms with Crippen LogP contribution in [0.3, 0.4) is 0 Å². The number of carbonyl (C=O) groups excluding carboxylic acids is 1. The van der Waals surface area contributed by atoms with Gasteiger partial charge in [-0.25, -0.2) is 4.79 Å². The van der Waals surface area contributed by atoms with Gasteiger partial charge in [0.2, 0.25) is 5.91 Å². The lowest BCUT2D eigenvalue weighted by Gasteiger charge is -2.22. The van der Waals surface area contributed by atoms with E-state index in [9.17, 15) is 9.59 Å². The zero-order valence-electron chi connectivity index (χ0n) is 14.0. The lowest BCUT2D eigenvalue weighted by atomic mass is 10.1. The predicted octanol–water partition coefficient (Wildman–Crippen LogP) is 2.64. The minimum atomic E-state index is -0.433. The van der Waals surface area contributed by atoms with E-state index in [1.807, 2.05) is 36.1 Å². The van der Waals surface area contributed by atoms with Crippen molar-refractivity contribution in [3.05, 3.63) is 52.3 Å². The Morgan fingerprint density at radius 2 is 2.20 bits per heavy atom. The van der Waals surface area contributed by atoms with E-state index in [2.05, 4.69) is 5.16 Å². The van der Waals surface area contributed by atoms with Gasteiger partial charge in [0.25, 0.3) is 0 Å². The molecule has 0 spiro atoms. The first-order valence-electron chi connectivity index (χ1n) is 8.44. The highest BCUT2D eigenvalue weighted by molar-refractivity contribution is 5.77. The van der Waals surface area contributed by atoms with Crippen LogP contribution in [0.2, 0.25) is 0 Å². The van der Waals surface area contributed by atoms with Gasteiger partial charge in [0.15, 0.2) is 11.3 Å². The van der Waals surface area contributed by atoms with E-state index < -0.39 is 5.76 Å². The van der Waals surface area contributed by atoms with Crippen LogP contribution in [-0.2, 0) is 11.3 Å². The Morgan fingerprint density at radius 1 is 1.36 bits per heavy atom. The van der Waals surface area contributed by atoms with Gasteiger partial charge in [-0.05, 0) is 31.9 Å². The number of hydrogen-bond donors (Lipinski definition) is 0. The summed E-state index contributed by atoms with van der Waals surface area (Å²) < 4.78 is 12.1. The van der Waals surface area contributed by atoms with E-state index in [-0.39, 0.29) is 18.4 Å². The molecule has 0 radical (unpaired) electrons. The Morgan fingerprint density at radius 3 is 3.00 bits per heavy atom. The molecule has 0 N–H and O–H groups in total. The average Bonchev–Trinajstić information content (AvgIpc) is 3.30. The van der Waals surface area contributed by atoms with Crippen molar-refractivity contribution in [2.24, 2.45) is 0 Å². The highest BCUT2D eigenvalue weighted by atomic mass is 16.5. The molecule has 7 nitrogen and oxygen atoms in total. The van der Waals surface area contributed by atoms with Gasteiger partial charge in [-0.3, -0.25) is 9.36 Å². The summed E-state index contributed by atoms with van der Waals surface area (Å²) in [5, 5.41) is 3.92. The number of aromatic nitrogens is 2. The molecule has 0 aliphatic carbocycles. The van der Waals surface area contributed by atoms with Crippen molar-refractivity contribution in [2.75, 3.05) is 6.54 Å². The van der Waals surface area contributed by atoms with Gasteiger partial charge in [0.1, 0.15) is 0 Å². The van der Waals surface area contributed by atoms with Gasteiger partial charge in [-0.1, -0.05) is 17.3 Å². The molecule has 3 aromatic rings. The first kappa shape index (κ1) is 15.7. The summed E-state index contributed by atoms with van der Waals surface area (Å²) in [5.74, 6) is 0.306. The molecule has 7 heteroatoms. The molecule has 25 heavy (non-hydrogen) atoms. The molecule has 1 aliphatic rings. The highest BCUT2D eigenvalue weighted by Crippen LogP contribution is 2.32. The minimum absolute atomic E-state index is 0.00809. The molecule has 1 fully saturated rings. The Balaban J connectivity index is 1.50. The zero-order valence-corrected chi connectivity index (χ0v) is 14.0. The standard InChI is InChI=1S/C18H19N3O4/c1-12-11-16(25-19-12)14-6-4-9-20(14)17(22)8-10-21-13-5-2-3-7-15(13)24-18(21)23/h2-3,5,7,11,14H,4,6,8-10H2,1H3/t14-/m1/s1. The van der Waals surface area contributed by atoms with Crippen molar-refractivity contribution < 1.29 is 13.7 Å². The van der Waals surface area contributed by atoms with E-state index >= 15 is 0 Å². The molecule has 1 aromatic carbocycles. The number of benzene rings is 1. The van der Waals surface area contributed by atoms with Gasteiger partial charge in [0, 0.05) is 25.6 Å². The number of likely N-dealkylation sites (tertiary alicyclic amines) is 1.